The number of nitrogens with two attached hydrogens (primary N) is 1. The van der Waals surface area contributed by atoms with Crippen molar-refractivity contribution in [3.05, 3.63) is 29.8 Å². The van der Waals surface area contributed by atoms with Crippen LogP contribution in [0.15, 0.2) is 34.7 Å². The number of aryl methyl sites for hydroxylation is 1. The maximum atomic E-state index is 13.1. The van der Waals surface area contributed by atoms with Crippen molar-refractivity contribution in [2.45, 2.75) is 68.1 Å². The van der Waals surface area contributed by atoms with E-state index in [4.69, 9.17) is 10.8 Å². The van der Waals surface area contributed by atoms with E-state index in [-0.39, 0.29) is 25.0 Å². The molecule has 2 bridgehead atoms. The molecule has 35 heavy (non-hydrogen) atoms. The third-order valence-electron chi connectivity index (χ3n) is 5.68. The van der Waals surface area contributed by atoms with E-state index in [2.05, 4.69) is 27.3 Å². The van der Waals surface area contributed by atoms with Crippen molar-refractivity contribution >= 4 is 46.9 Å². The Morgan fingerprint density at radius 1 is 1.29 bits per heavy atom. The van der Waals surface area contributed by atoms with Crippen LogP contribution in [0.4, 0.5) is 0 Å². The Labute approximate surface area is 211 Å². The van der Waals surface area contributed by atoms with Crippen LogP contribution in [0, 0.1) is 0 Å². The van der Waals surface area contributed by atoms with Crippen molar-refractivity contribution in [1.82, 2.24) is 15.2 Å². The summed E-state index contributed by atoms with van der Waals surface area (Å²) in [6, 6.07) is 3.47. The first-order valence-corrected chi connectivity index (χ1v) is 13.3. The van der Waals surface area contributed by atoms with Crippen LogP contribution < -0.4 is 16.4 Å². The maximum Gasteiger partial charge on any atom is 0.320 e. The topological polar surface area (TPSA) is 164 Å². The summed E-state index contributed by atoms with van der Waals surface area (Å²) in [6.07, 6.45) is 3.69. The molecule has 3 heterocycles. The second kappa shape index (κ2) is 12.8. The first-order chi connectivity index (χ1) is 16.7. The summed E-state index contributed by atoms with van der Waals surface area (Å²) in [5.74, 6) is -2.92. The number of carboxylic acids is 2. The number of rotatable bonds is 8. The highest BCUT2D eigenvalue weighted by atomic mass is 32.2. The lowest BCUT2D eigenvalue weighted by Crippen LogP contribution is -2.51. The van der Waals surface area contributed by atoms with Crippen molar-refractivity contribution in [1.29, 1.82) is 0 Å². The third kappa shape index (κ3) is 8.11. The number of aromatic nitrogens is 1. The van der Waals surface area contributed by atoms with Gasteiger partial charge in [0, 0.05) is 35.9 Å². The van der Waals surface area contributed by atoms with Crippen LogP contribution in [0.25, 0.3) is 10.6 Å². The third-order valence-corrected chi connectivity index (χ3v) is 7.63. The van der Waals surface area contributed by atoms with Crippen LogP contribution >= 0.6 is 23.1 Å². The fraction of sp³-hybridized carbons (Fsp3) is 0.478. The van der Waals surface area contributed by atoms with Gasteiger partial charge in [-0.3, -0.25) is 19.2 Å². The maximum absolute atomic E-state index is 13.1. The molecule has 12 heteroatoms. The molecule has 2 aromatic rings. The number of thioether (sulfide) groups is 1. The molecule has 0 fully saturated rings. The van der Waals surface area contributed by atoms with Gasteiger partial charge >= 0.3 is 11.9 Å². The van der Waals surface area contributed by atoms with Crippen molar-refractivity contribution in [3.63, 3.8) is 0 Å². The monoisotopic (exact) mass is 522 g/mol. The van der Waals surface area contributed by atoms with Gasteiger partial charge in [0.25, 0.3) is 0 Å². The number of nitrogens with one attached hydrogen (secondary N) is 2. The van der Waals surface area contributed by atoms with Crippen LogP contribution in [0.3, 0.4) is 0 Å². The summed E-state index contributed by atoms with van der Waals surface area (Å²) in [6.45, 7) is 0.769. The SMILES string of the molecule is NC(CCC(=O)NC1CSc2cc(-c3cccs3)n(c2)CCCCC(CC(=O)O)NC1=O)C(=O)O. The summed E-state index contributed by atoms with van der Waals surface area (Å²) >= 11 is 3.06. The van der Waals surface area contributed by atoms with Gasteiger partial charge in [-0.05, 0) is 43.2 Å². The number of thiophene rings is 1. The molecule has 2 amide bonds. The van der Waals surface area contributed by atoms with Crippen LogP contribution in [0.1, 0.15) is 38.5 Å². The Bertz CT molecular complexity index is 1040. The van der Waals surface area contributed by atoms with E-state index >= 15 is 0 Å². The highest BCUT2D eigenvalue weighted by molar-refractivity contribution is 7.99. The highest BCUT2D eigenvalue weighted by Gasteiger charge is 2.26. The molecule has 0 saturated heterocycles. The minimum absolute atomic E-state index is 0.0582. The second-order valence-corrected chi connectivity index (χ2v) is 10.5. The molecule has 0 radical (unpaired) electrons. The van der Waals surface area contributed by atoms with Crippen molar-refractivity contribution < 1.29 is 29.4 Å². The molecule has 3 unspecified atom stereocenters. The molecule has 3 rings (SSSR count). The predicted octanol–water partition coefficient (Wildman–Crippen LogP) is 2.13. The molecule has 10 nitrogen and oxygen atoms in total. The Hall–Kier alpha value is -2.83. The molecule has 0 spiro atoms. The van der Waals surface area contributed by atoms with Crippen molar-refractivity contribution in [3.8, 4) is 10.6 Å². The van der Waals surface area contributed by atoms with Crippen LogP contribution in [0.2, 0.25) is 0 Å². The zero-order chi connectivity index (χ0) is 25.4. The van der Waals surface area contributed by atoms with E-state index < -0.39 is 41.9 Å². The average Bonchev–Trinajstić information content (AvgIpc) is 3.46. The van der Waals surface area contributed by atoms with Gasteiger partial charge in [0.15, 0.2) is 0 Å². The lowest BCUT2D eigenvalue weighted by atomic mass is 10.1. The highest BCUT2D eigenvalue weighted by Crippen LogP contribution is 2.32. The number of carbonyl (C=O) groups is 4. The van der Waals surface area contributed by atoms with Gasteiger partial charge in [-0.15, -0.1) is 23.1 Å². The van der Waals surface area contributed by atoms with Gasteiger partial charge < -0.3 is 31.1 Å². The number of amides is 2. The second-order valence-electron chi connectivity index (χ2n) is 8.45. The van der Waals surface area contributed by atoms with Gasteiger partial charge in [0.1, 0.15) is 12.1 Å². The lowest BCUT2D eigenvalue weighted by Gasteiger charge is -2.23. The number of nitrogens with zero attached hydrogens (tertiary/aromatic N) is 1. The zero-order valence-corrected chi connectivity index (χ0v) is 20.8. The molecule has 0 aromatic carbocycles. The fourth-order valence-corrected chi connectivity index (χ4v) is 5.58. The largest absolute Gasteiger partial charge is 0.481 e. The van der Waals surface area contributed by atoms with Crippen molar-refractivity contribution in [2.75, 3.05) is 5.75 Å². The molecular weight excluding hydrogens is 492 g/mol. The van der Waals surface area contributed by atoms with E-state index in [1.807, 2.05) is 17.6 Å². The quantitative estimate of drug-likeness (QED) is 0.352. The smallest absolute Gasteiger partial charge is 0.320 e. The molecule has 2 aromatic heterocycles. The molecule has 1 aliphatic rings. The summed E-state index contributed by atoms with van der Waals surface area (Å²) in [7, 11) is 0. The molecule has 6 N–H and O–H groups in total. The first-order valence-electron chi connectivity index (χ1n) is 11.4. The molecule has 0 aliphatic carbocycles. The Morgan fingerprint density at radius 3 is 2.77 bits per heavy atom. The number of carboxylic acid groups (broad SMARTS) is 2. The van der Waals surface area contributed by atoms with Gasteiger partial charge in [-0.2, -0.15) is 0 Å². The van der Waals surface area contributed by atoms with Crippen LogP contribution in [0.5, 0.6) is 0 Å². The minimum atomic E-state index is -1.20. The molecular formula is C23H30N4O6S2. The Kier molecular flexibility index (Phi) is 9.75. The van der Waals surface area contributed by atoms with Crippen molar-refractivity contribution in [2.24, 2.45) is 5.73 Å². The van der Waals surface area contributed by atoms with Crippen LogP contribution in [-0.2, 0) is 25.7 Å². The molecule has 0 saturated carbocycles. The molecule has 1 aliphatic heterocycles. The lowest BCUT2D eigenvalue weighted by molar-refractivity contribution is -0.140. The molecule has 190 valence electrons. The predicted molar refractivity (Wildman–Crippen MR) is 133 cm³/mol. The Balaban J connectivity index is 1.78. The minimum Gasteiger partial charge on any atom is -0.481 e. The van der Waals surface area contributed by atoms with Gasteiger partial charge in [0.2, 0.25) is 11.8 Å². The van der Waals surface area contributed by atoms with E-state index in [9.17, 15) is 24.3 Å². The van der Waals surface area contributed by atoms with Crippen LogP contribution in [-0.4, -0.2) is 62.4 Å². The fourth-order valence-electron chi connectivity index (χ4n) is 3.83. The number of hydrogen-bond acceptors (Lipinski definition) is 7. The summed E-state index contributed by atoms with van der Waals surface area (Å²) in [4.78, 5) is 49.9. The number of hydrogen-bond donors (Lipinski definition) is 5. The van der Waals surface area contributed by atoms with Gasteiger partial charge in [-0.25, -0.2) is 0 Å². The molecule has 3 atom stereocenters. The Morgan fingerprint density at radius 2 is 2.09 bits per heavy atom. The zero-order valence-electron chi connectivity index (χ0n) is 19.1. The number of aliphatic carboxylic acids is 2. The van der Waals surface area contributed by atoms with E-state index in [1.165, 1.54) is 11.8 Å². The standard InChI is InChI=1S/C23H30N4O6S2/c24-16(23(32)33)6-7-20(28)26-17-13-35-15-11-18(19-5-3-9-34-19)27(12-15)8-2-1-4-14(10-21(29)30)25-22(17)31/h3,5,9,11-12,14,16-17H,1-2,4,6-8,10,13,24H2,(H,25,31)(H,26,28)(H,29,30)(H,32,33). The summed E-state index contributed by atoms with van der Waals surface area (Å²) in [5.41, 5.74) is 6.56. The summed E-state index contributed by atoms with van der Waals surface area (Å²) < 4.78 is 2.17. The van der Waals surface area contributed by atoms with E-state index in [0.29, 0.717) is 6.42 Å². The number of carbonyl (C=O) groups excluding carboxylic acids is 2. The normalized spacial score (nSPS) is 20.0. The van der Waals surface area contributed by atoms with E-state index in [1.54, 1.807) is 11.3 Å². The average molecular weight is 523 g/mol. The van der Waals surface area contributed by atoms with E-state index in [0.717, 1.165) is 34.9 Å². The summed E-state index contributed by atoms with van der Waals surface area (Å²) in [5, 5.41) is 25.7. The van der Waals surface area contributed by atoms with Gasteiger partial charge in [0.05, 0.1) is 17.0 Å². The number of fused-ring (bicyclic) bond motifs is 2. The van der Waals surface area contributed by atoms with Gasteiger partial charge in [-0.1, -0.05) is 6.07 Å². The first kappa shape index (κ1) is 26.8.